The van der Waals surface area contributed by atoms with Gasteiger partial charge >= 0.3 is 11.9 Å². The number of benzene rings is 2. The highest BCUT2D eigenvalue weighted by atomic mass is 32.2. The van der Waals surface area contributed by atoms with Gasteiger partial charge < -0.3 is 14.0 Å². The summed E-state index contributed by atoms with van der Waals surface area (Å²) in [6.07, 6.45) is 0. The molecular weight excluding hydrogens is 506 g/mol. The van der Waals surface area contributed by atoms with Crippen molar-refractivity contribution in [3.05, 3.63) is 58.4 Å². The van der Waals surface area contributed by atoms with Gasteiger partial charge in [-0.05, 0) is 49.4 Å². The number of sulfonamides is 1. The normalized spacial score (nSPS) is 12.2. The molecule has 1 amide bonds. The SMILES string of the molecule is CCOC(=O)c1ccc2c(c1)sc(=NC(=O)c1ccc(S(=O)(=O)N(CC)CC)cc1)n2CC(=O)OC. The second kappa shape index (κ2) is 11.6. The number of rotatable bonds is 9. The Kier molecular flexibility index (Phi) is 8.77. The predicted molar refractivity (Wildman–Crippen MR) is 134 cm³/mol. The molecule has 36 heavy (non-hydrogen) atoms. The van der Waals surface area contributed by atoms with E-state index in [1.54, 1.807) is 39.0 Å². The van der Waals surface area contributed by atoms with Crippen molar-refractivity contribution < 1.29 is 32.3 Å². The van der Waals surface area contributed by atoms with Crippen molar-refractivity contribution in [2.24, 2.45) is 4.99 Å². The molecule has 12 heteroatoms. The third-order valence-electron chi connectivity index (χ3n) is 5.35. The lowest BCUT2D eigenvalue weighted by molar-refractivity contribution is -0.141. The first kappa shape index (κ1) is 27.2. The summed E-state index contributed by atoms with van der Waals surface area (Å²) in [6.45, 7) is 5.91. The number of hydrogen-bond acceptors (Lipinski definition) is 8. The maximum atomic E-state index is 12.9. The first-order valence-electron chi connectivity index (χ1n) is 11.2. The van der Waals surface area contributed by atoms with E-state index in [9.17, 15) is 22.8 Å². The molecule has 3 rings (SSSR count). The van der Waals surface area contributed by atoms with Crippen LogP contribution in [0.1, 0.15) is 41.5 Å². The van der Waals surface area contributed by atoms with Crippen LogP contribution in [0.3, 0.4) is 0 Å². The summed E-state index contributed by atoms with van der Waals surface area (Å²) in [5, 5.41) is 0. The molecule has 1 aromatic heterocycles. The van der Waals surface area contributed by atoms with E-state index in [2.05, 4.69) is 4.99 Å². The van der Waals surface area contributed by atoms with Gasteiger partial charge in [-0.1, -0.05) is 25.2 Å². The molecule has 0 bridgehead atoms. The second-order valence-corrected chi connectivity index (χ2v) is 10.4. The van der Waals surface area contributed by atoms with Gasteiger partial charge in [-0.15, -0.1) is 0 Å². The fourth-order valence-corrected chi connectivity index (χ4v) is 6.00. The Morgan fingerprint density at radius 1 is 1.00 bits per heavy atom. The first-order valence-corrected chi connectivity index (χ1v) is 13.5. The number of esters is 2. The molecule has 0 unspecified atom stereocenters. The minimum absolute atomic E-state index is 0.0804. The number of carbonyl (C=O) groups excluding carboxylic acids is 3. The molecule has 0 fully saturated rings. The Hall–Kier alpha value is -3.35. The number of ether oxygens (including phenoxy) is 2. The Balaban J connectivity index is 2.03. The third-order valence-corrected chi connectivity index (χ3v) is 8.46. The molecule has 0 aliphatic heterocycles. The molecule has 0 saturated heterocycles. The lowest BCUT2D eigenvalue weighted by atomic mass is 10.2. The van der Waals surface area contributed by atoms with Crippen LogP contribution in [0.2, 0.25) is 0 Å². The number of fused-ring (bicyclic) bond motifs is 1. The van der Waals surface area contributed by atoms with E-state index in [-0.39, 0.29) is 28.4 Å². The van der Waals surface area contributed by atoms with Gasteiger partial charge in [-0.25, -0.2) is 13.2 Å². The minimum atomic E-state index is -3.66. The molecule has 2 aromatic carbocycles. The summed E-state index contributed by atoms with van der Waals surface area (Å²) in [6, 6.07) is 10.4. The van der Waals surface area contributed by atoms with Gasteiger partial charge in [0.25, 0.3) is 5.91 Å². The number of thiazole rings is 1. The molecule has 192 valence electrons. The van der Waals surface area contributed by atoms with E-state index in [0.29, 0.717) is 28.9 Å². The van der Waals surface area contributed by atoms with Gasteiger partial charge in [0.2, 0.25) is 10.0 Å². The molecule has 10 nitrogen and oxygen atoms in total. The zero-order chi connectivity index (χ0) is 26.5. The highest BCUT2D eigenvalue weighted by Gasteiger charge is 2.22. The average molecular weight is 534 g/mol. The molecule has 0 atom stereocenters. The standard InChI is InChI=1S/C24H27N3O7S2/c1-5-26(6-2)36(31,32)18-11-8-16(9-12-18)22(29)25-24-27(15-21(28)33-4)19-13-10-17(14-20(19)35-24)23(30)34-7-3/h8-14H,5-7,15H2,1-4H3. The zero-order valence-electron chi connectivity index (χ0n) is 20.4. The fourth-order valence-electron chi connectivity index (χ4n) is 3.48. The Labute approximate surface area is 212 Å². The number of aromatic nitrogens is 1. The summed E-state index contributed by atoms with van der Waals surface area (Å²) in [5.41, 5.74) is 1.10. The number of amides is 1. The molecule has 0 aliphatic carbocycles. The van der Waals surface area contributed by atoms with Crippen molar-refractivity contribution in [1.29, 1.82) is 0 Å². The summed E-state index contributed by atoms with van der Waals surface area (Å²) >= 11 is 1.12. The van der Waals surface area contributed by atoms with Crippen LogP contribution in [-0.4, -0.2) is 61.9 Å². The van der Waals surface area contributed by atoms with Crippen LogP contribution >= 0.6 is 11.3 Å². The minimum Gasteiger partial charge on any atom is -0.468 e. The highest BCUT2D eigenvalue weighted by molar-refractivity contribution is 7.89. The molecule has 0 saturated carbocycles. The smallest absolute Gasteiger partial charge is 0.338 e. The zero-order valence-corrected chi connectivity index (χ0v) is 22.0. The second-order valence-electron chi connectivity index (χ2n) is 7.48. The monoisotopic (exact) mass is 533 g/mol. The largest absolute Gasteiger partial charge is 0.468 e. The van der Waals surface area contributed by atoms with E-state index in [1.807, 2.05) is 0 Å². The Morgan fingerprint density at radius 2 is 1.64 bits per heavy atom. The topological polar surface area (TPSA) is 124 Å². The van der Waals surface area contributed by atoms with Crippen molar-refractivity contribution >= 4 is 49.4 Å². The lowest BCUT2D eigenvalue weighted by Crippen LogP contribution is -2.30. The number of methoxy groups -OCH3 is 1. The Bertz CT molecular complexity index is 1450. The number of hydrogen-bond donors (Lipinski definition) is 0. The predicted octanol–water partition coefficient (Wildman–Crippen LogP) is 2.82. The van der Waals surface area contributed by atoms with Crippen molar-refractivity contribution in [2.75, 3.05) is 26.8 Å². The van der Waals surface area contributed by atoms with E-state index in [4.69, 9.17) is 9.47 Å². The quantitative estimate of drug-likeness (QED) is 0.387. The van der Waals surface area contributed by atoms with Crippen LogP contribution in [-0.2, 0) is 30.8 Å². The van der Waals surface area contributed by atoms with Gasteiger partial charge in [0.05, 0.1) is 34.4 Å². The first-order chi connectivity index (χ1) is 17.2. The lowest BCUT2D eigenvalue weighted by Gasteiger charge is -2.18. The molecule has 3 aromatic rings. The van der Waals surface area contributed by atoms with E-state index in [0.717, 1.165) is 11.3 Å². The summed E-state index contributed by atoms with van der Waals surface area (Å²) in [4.78, 5) is 41.6. The molecular formula is C24H27N3O7S2. The average Bonchev–Trinajstić information content (AvgIpc) is 3.20. The summed E-state index contributed by atoms with van der Waals surface area (Å²) < 4.78 is 38.7. The van der Waals surface area contributed by atoms with Gasteiger partial charge in [0.1, 0.15) is 6.54 Å². The fraction of sp³-hybridized carbons (Fsp3) is 0.333. The van der Waals surface area contributed by atoms with Crippen molar-refractivity contribution in [3.63, 3.8) is 0 Å². The molecule has 0 spiro atoms. The van der Waals surface area contributed by atoms with Gasteiger partial charge in [-0.3, -0.25) is 9.59 Å². The number of nitrogens with zero attached hydrogens (tertiary/aromatic N) is 3. The van der Waals surface area contributed by atoms with Crippen molar-refractivity contribution in [3.8, 4) is 0 Å². The van der Waals surface area contributed by atoms with Gasteiger partial charge in [-0.2, -0.15) is 9.30 Å². The molecule has 0 aliphatic rings. The van der Waals surface area contributed by atoms with Crippen LogP contribution in [0.4, 0.5) is 0 Å². The van der Waals surface area contributed by atoms with Crippen LogP contribution in [0.5, 0.6) is 0 Å². The maximum absolute atomic E-state index is 12.9. The van der Waals surface area contributed by atoms with E-state index >= 15 is 0 Å². The van der Waals surface area contributed by atoms with Crippen molar-refractivity contribution in [1.82, 2.24) is 8.87 Å². The van der Waals surface area contributed by atoms with E-state index in [1.165, 1.54) is 40.2 Å². The van der Waals surface area contributed by atoms with Gasteiger partial charge in [0, 0.05) is 18.7 Å². The van der Waals surface area contributed by atoms with Crippen LogP contribution in [0.25, 0.3) is 10.2 Å². The number of carbonyl (C=O) groups is 3. The van der Waals surface area contributed by atoms with Crippen LogP contribution in [0.15, 0.2) is 52.4 Å². The highest BCUT2D eigenvalue weighted by Crippen LogP contribution is 2.21. The van der Waals surface area contributed by atoms with Gasteiger partial charge in [0.15, 0.2) is 4.80 Å². The third kappa shape index (κ3) is 5.72. The van der Waals surface area contributed by atoms with E-state index < -0.39 is 27.9 Å². The van der Waals surface area contributed by atoms with Crippen molar-refractivity contribution in [2.45, 2.75) is 32.2 Å². The molecule has 0 radical (unpaired) electrons. The maximum Gasteiger partial charge on any atom is 0.338 e. The molecule has 0 N–H and O–H groups in total. The Morgan fingerprint density at radius 3 is 2.22 bits per heavy atom. The van der Waals surface area contributed by atoms with Crippen LogP contribution < -0.4 is 4.80 Å². The summed E-state index contributed by atoms with van der Waals surface area (Å²) in [7, 11) is -2.40. The summed E-state index contributed by atoms with van der Waals surface area (Å²) in [5.74, 6) is -1.64. The van der Waals surface area contributed by atoms with Crippen LogP contribution in [0, 0.1) is 0 Å². The molecule has 1 heterocycles.